The summed E-state index contributed by atoms with van der Waals surface area (Å²) in [7, 11) is 0. The summed E-state index contributed by atoms with van der Waals surface area (Å²) in [4.78, 5) is 2.72. The Kier molecular flexibility index (Phi) is 5.83. The zero-order chi connectivity index (χ0) is 15.2. The monoisotopic (exact) mass is 303 g/mol. The molecule has 1 aromatic carbocycles. The Bertz CT molecular complexity index is 557. The number of rotatable bonds is 7. The fourth-order valence-corrected chi connectivity index (χ4v) is 3.10. The first-order valence-corrected chi connectivity index (χ1v) is 8.43. The van der Waals surface area contributed by atoms with Gasteiger partial charge in [-0.25, -0.2) is 0 Å². The SMILES string of the molecule is CCc1ccc(OCc2cc(CNC(C)C)sc2C)cc1. The molecule has 0 aliphatic heterocycles. The average Bonchev–Trinajstić information content (AvgIpc) is 2.84. The molecule has 0 atom stereocenters. The summed E-state index contributed by atoms with van der Waals surface area (Å²) in [6, 6.07) is 11.2. The maximum atomic E-state index is 5.90. The topological polar surface area (TPSA) is 21.3 Å². The first-order chi connectivity index (χ1) is 10.1. The van der Waals surface area contributed by atoms with E-state index >= 15 is 0 Å². The molecule has 0 unspecified atom stereocenters. The Hall–Kier alpha value is -1.32. The summed E-state index contributed by atoms with van der Waals surface area (Å²) in [5.41, 5.74) is 2.64. The number of hydrogen-bond acceptors (Lipinski definition) is 3. The van der Waals surface area contributed by atoms with Gasteiger partial charge in [0.05, 0.1) is 0 Å². The number of nitrogens with one attached hydrogen (secondary N) is 1. The molecular weight excluding hydrogens is 278 g/mol. The molecule has 114 valence electrons. The van der Waals surface area contributed by atoms with Crippen molar-refractivity contribution in [1.29, 1.82) is 0 Å². The van der Waals surface area contributed by atoms with E-state index in [4.69, 9.17) is 4.74 Å². The lowest BCUT2D eigenvalue weighted by molar-refractivity contribution is 0.306. The van der Waals surface area contributed by atoms with Crippen molar-refractivity contribution in [2.45, 2.75) is 53.3 Å². The minimum atomic E-state index is 0.518. The predicted molar refractivity (Wildman–Crippen MR) is 91.2 cm³/mol. The summed E-state index contributed by atoms with van der Waals surface area (Å²) < 4.78 is 5.90. The van der Waals surface area contributed by atoms with Crippen LogP contribution >= 0.6 is 11.3 Å². The Morgan fingerprint density at radius 3 is 2.52 bits per heavy atom. The molecule has 0 spiro atoms. The largest absolute Gasteiger partial charge is 0.489 e. The second kappa shape index (κ2) is 7.62. The van der Waals surface area contributed by atoms with Crippen LogP contribution in [0.2, 0.25) is 0 Å². The third-order valence-corrected chi connectivity index (χ3v) is 4.57. The molecule has 2 nitrogen and oxygen atoms in total. The molecule has 2 aromatic rings. The second-order valence-corrected chi connectivity index (χ2v) is 6.96. The van der Waals surface area contributed by atoms with Crippen molar-refractivity contribution in [1.82, 2.24) is 5.32 Å². The van der Waals surface area contributed by atoms with Crippen LogP contribution in [-0.2, 0) is 19.6 Å². The van der Waals surface area contributed by atoms with Crippen LogP contribution in [0, 0.1) is 6.92 Å². The number of hydrogen-bond donors (Lipinski definition) is 1. The maximum Gasteiger partial charge on any atom is 0.119 e. The summed E-state index contributed by atoms with van der Waals surface area (Å²) >= 11 is 1.86. The molecule has 1 heterocycles. The molecule has 21 heavy (non-hydrogen) atoms. The Balaban J connectivity index is 1.92. The fourth-order valence-electron chi connectivity index (χ4n) is 2.11. The third kappa shape index (κ3) is 4.87. The zero-order valence-electron chi connectivity index (χ0n) is 13.4. The van der Waals surface area contributed by atoms with Crippen LogP contribution in [0.1, 0.15) is 41.7 Å². The van der Waals surface area contributed by atoms with Gasteiger partial charge in [-0.1, -0.05) is 32.9 Å². The molecule has 3 heteroatoms. The lowest BCUT2D eigenvalue weighted by Gasteiger charge is -2.06. The van der Waals surface area contributed by atoms with E-state index in [-0.39, 0.29) is 0 Å². The van der Waals surface area contributed by atoms with E-state index in [0.29, 0.717) is 12.6 Å². The van der Waals surface area contributed by atoms with Gasteiger partial charge in [-0.15, -0.1) is 11.3 Å². The molecule has 0 radical (unpaired) electrons. The molecule has 0 aliphatic carbocycles. The predicted octanol–water partition coefficient (Wildman–Crippen LogP) is 4.70. The molecule has 1 aromatic heterocycles. The van der Waals surface area contributed by atoms with Crippen molar-refractivity contribution in [2.24, 2.45) is 0 Å². The van der Waals surface area contributed by atoms with Crippen LogP contribution in [0.5, 0.6) is 5.75 Å². The van der Waals surface area contributed by atoms with Crippen molar-refractivity contribution < 1.29 is 4.74 Å². The second-order valence-electron chi connectivity index (χ2n) is 5.62. The maximum absolute atomic E-state index is 5.90. The van der Waals surface area contributed by atoms with Crippen LogP contribution < -0.4 is 10.1 Å². The molecule has 2 rings (SSSR count). The van der Waals surface area contributed by atoms with Crippen molar-refractivity contribution in [3.63, 3.8) is 0 Å². The van der Waals surface area contributed by atoms with E-state index in [1.165, 1.54) is 20.9 Å². The molecule has 0 bridgehead atoms. The van der Waals surface area contributed by atoms with Gasteiger partial charge < -0.3 is 10.1 Å². The Labute approximate surface area is 132 Å². The van der Waals surface area contributed by atoms with Crippen molar-refractivity contribution >= 4 is 11.3 Å². The lowest BCUT2D eigenvalue weighted by Crippen LogP contribution is -2.21. The molecular formula is C18H25NOS. The van der Waals surface area contributed by atoms with Gasteiger partial charge in [0.1, 0.15) is 12.4 Å². The van der Waals surface area contributed by atoms with Gasteiger partial charge in [0.15, 0.2) is 0 Å². The smallest absolute Gasteiger partial charge is 0.119 e. The highest BCUT2D eigenvalue weighted by Crippen LogP contribution is 2.23. The highest BCUT2D eigenvalue weighted by atomic mass is 32.1. The highest BCUT2D eigenvalue weighted by molar-refractivity contribution is 7.12. The van der Waals surface area contributed by atoms with E-state index in [2.05, 4.69) is 63.3 Å². The first-order valence-electron chi connectivity index (χ1n) is 7.61. The Morgan fingerprint density at radius 1 is 1.19 bits per heavy atom. The summed E-state index contributed by atoms with van der Waals surface area (Å²) in [6.45, 7) is 10.3. The van der Waals surface area contributed by atoms with Gasteiger partial charge in [0, 0.05) is 27.9 Å². The highest BCUT2D eigenvalue weighted by Gasteiger charge is 2.07. The van der Waals surface area contributed by atoms with Crippen LogP contribution in [0.4, 0.5) is 0 Å². The molecule has 0 aliphatic rings. The minimum Gasteiger partial charge on any atom is -0.489 e. The molecule has 0 saturated heterocycles. The fraction of sp³-hybridized carbons (Fsp3) is 0.444. The van der Waals surface area contributed by atoms with Crippen molar-refractivity contribution in [3.05, 3.63) is 51.2 Å². The number of ether oxygens (including phenoxy) is 1. The van der Waals surface area contributed by atoms with Crippen LogP contribution in [0.25, 0.3) is 0 Å². The summed E-state index contributed by atoms with van der Waals surface area (Å²) in [6.07, 6.45) is 1.07. The lowest BCUT2D eigenvalue weighted by atomic mass is 10.2. The summed E-state index contributed by atoms with van der Waals surface area (Å²) in [5, 5.41) is 3.46. The zero-order valence-corrected chi connectivity index (χ0v) is 14.2. The first kappa shape index (κ1) is 16.1. The van der Waals surface area contributed by atoms with Crippen LogP contribution in [0.3, 0.4) is 0 Å². The summed E-state index contributed by atoms with van der Waals surface area (Å²) in [5.74, 6) is 0.944. The van der Waals surface area contributed by atoms with Crippen molar-refractivity contribution in [3.8, 4) is 5.75 Å². The van der Waals surface area contributed by atoms with E-state index in [1.54, 1.807) is 0 Å². The molecule has 0 fully saturated rings. The quantitative estimate of drug-likeness (QED) is 0.801. The van der Waals surface area contributed by atoms with Gasteiger partial charge in [0.25, 0.3) is 0 Å². The number of benzene rings is 1. The van der Waals surface area contributed by atoms with Gasteiger partial charge in [-0.3, -0.25) is 0 Å². The normalized spacial score (nSPS) is 11.1. The third-order valence-electron chi connectivity index (χ3n) is 3.48. The number of thiophene rings is 1. The van der Waals surface area contributed by atoms with Gasteiger partial charge in [0.2, 0.25) is 0 Å². The molecule has 1 N–H and O–H groups in total. The average molecular weight is 303 g/mol. The molecule has 0 amide bonds. The number of aryl methyl sites for hydroxylation is 2. The van der Waals surface area contributed by atoms with E-state index in [1.807, 2.05) is 11.3 Å². The van der Waals surface area contributed by atoms with Crippen LogP contribution in [-0.4, -0.2) is 6.04 Å². The van der Waals surface area contributed by atoms with Gasteiger partial charge in [-0.2, -0.15) is 0 Å². The van der Waals surface area contributed by atoms with Gasteiger partial charge >= 0.3 is 0 Å². The van der Waals surface area contributed by atoms with Gasteiger partial charge in [-0.05, 0) is 37.1 Å². The van der Waals surface area contributed by atoms with Crippen LogP contribution in [0.15, 0.2) is 30.3 Å². The standard InChI is InChI=1S/C18H25NOS/c1-5-15-6-8-17(9-7-15)20-12-16-10-18(21-14(16)4)11-19-13(2)3/h6-10,13,19H,5,11-12H2,1-4H3. The van der Waals surface area contributed by atoms with E-state index < -0.39 is 0 Å². The Morgan fingerprint density at radius 2 is 1.90 bits per heavy atom. The molecule has 0 saturated carbocycles. The van der Waals surface area contributed by atoms with Crippen molar-refractivity contribution in [2.75, 3.05) is 0 Å². The minimum absolute atomic E-state index is 0.518. The van der Waals surface area contributed by atoms with E-state index in [9.17, 15) is 0 Å². The van der Waals surface area contributed by atoms with E-state index in [0.717, 1.165) is 18.7 Å².